The van der Waals surface area contributed by atoms with E-state index in [0.717, 1.165) is 50.8 Å². The van der Waals surface area contributed by atoms with E-state index in [1.54, 1.807) is 0 Å². The summed E-state index contributed by atoms with van der Waals surface area (Å²) in [6.07, 6.45) is 5.18. The van der Waals surface area contributed by atoms with Gasteiger partial charge in [-0.2, -0.15) is 0 Å². The van der Waals surface area contributed by atoms with Crippen LogP contribution in [0.25, 0.3) is 0 Å². The summed E-state index contributed by atoms with van der Waals surface area (Å²) in [5.74, 6) is 0.435. The van der Waals surface area contributed by atoms with E-state index in [-0.39, 0.29) is 29.9 Å². The lowest BCUT2D eigenvalue weighted by Gasteiger charge is -2.44. The number of hydrogen-bond acceptors (Lipinski definition) is 4. The summed E-state index contributed by atoms with van der Waals surface area (Å²) in [5, 5.41) is 3.30. The first kappa shape index (κ1) is 28.3. The van der Waals surface area contributed by atoms with Crippen LogP contribution in [0.4, 0.5) is 0 Å². The Balaban J connectivity index is 1.55. The number of likely N-dealkylation sites (tertiary alicyclic amines) is 1. The highest BCUT2D eigenvalue weighted by Gasteiger charge is 2.39. The zero-order chi connectivity index (χ0) is 27.2. The van der Waals surface area contributed by atoms with Gasteiger partial charge in [0.1, 0.15) is 6.04 Å². The highest BCUT2D eigenvalue weighted by atomic mass is 16.2. The second-order valence-corrected chi connectivity index (χ2v) is 12.0. The average molecular weight is 519 g/mol. The Bertz CT molecular complexity index is 1060. The number of carbonyl (C=O) groups is 2. The molecule has 1 aliphatic carbocycles. The highest BCUT2D eigenvalue weighted by molar-refractivity contribution is 5.97. The van der Waals surface area contributed by atoms with E-state index in [0.29, 0.717) is 24.4 Å². The molecular weight excluding hydrogens is 472 g/mol. The zero-order valence-corrected chi connectivity index (χ0v) is 23.7. The number of nitrogens with one attached hydrogen (secondary N) is 1. The fourth-order valence-corrected chi connectivity index (χ4v) is 5.93. The first-order valence-electron chi connectivity index (χ1n) is 14.4. The second kappa shape index (κ2) is 12.9. The fourth-order valence-electron chi connectivity index (χ4n) is 5.93. The number of amides is 2. The molecule has 2 aromatic carbocycles. The van der Waals surface area contributed by atoms with E-state index in [2.05, 4.69) is 55.3 Å². The van der Waals surface area contributed by atoms with Crippen molar-refractivity contribution in [3.05, 3.63) is 70.8 Å². The van der Waals surface area contributed by atoms with Gasteiger partial charge >= 0.3 is 0 Å². The van der Waals surface area contributed by atoms with Gasteiger partial charge in [0.2, 0.25) is 5.91 Å². The van der Waals surface area contributed by atoms with Crippen molar-refractivity contribution in [2.45, 2.75) is 96.9 Å². The van der Waals surface area contributed by atoms with Gasteiger partial charge in [-0.15, -0.1) is 0 Å². The number of nitrogens with zero attached hydrogens (tertiary/aromatic N) is 2. The van der Waals surface area contributed by atoms with Gasteiger partial charge in [0.05, 0.1) is 0 Å². The number of benzene rings is 2. The van der Waals surface area contributed by atoms with E-state index >= 15 is 0 Å². The Labute approximate surface area is 229 Å². The Morgan fingerprint density at radius 3 is 2.16 bits per heavy atom. The molecule has 2 aliphatic rings. The van der Waals surface area contributed by atoms with Crippen LogP contribution >= 0.6 is 0 Å². The van der Waals surface area contributed by atoms with Crippen molar-refractivity contribution in [1.82, 2.24) is 15.1 Å². The molecule has 1 heterocycles. The Hall–Kier alpha value is -2.70. The average Bonchev–Trinajstić information content (AvgIpc) is 2.90. The summed E-state index contributed by atoms with van der Waals surface area (Å²) < 4.78 is 0. The Morgan fingerprint density at radius 2 is 1.55 bits per heavy atom. The van der Waals surface area contributed by atoms with Gasteiger partial charge < -0.3 is 16.0 Å². The summed E-state index contributed by atoms with van der Waals surface area (Å²) in [5.41, 5.74) is 10.4. The molecule has 0 radical (unpaired) electrons. The fraction of sp³-hybridized carbons (Fsp3) is 0.562. The third-order valence-corrected chi connectivity index (χ3v) is 8.18. The standard InChI is InChI=1S/C32H46N4O2/c1-22(2)20-35(21-25-9-5-23(3)6-10-25)29-17-18-36(32(38)26-11-7-24(4)8-12-26)30(19-29)31(37)34-28-15-13-27(33)14-16-28/h5-12,22,27-30H,13-21,33H2,1-4H3,(H,34,37)/t27?,28?,29?,30-/m1/s1. The Kier molecular flexibility index (Phi) is 9.61. The predicted octanol–water partition coefficient (Wildman–Crippen LogP) is 4.82. The zero-order valence-electron chi connectivity index (χ0n) is 23.7. The number of carbonyl (C=O) groups excluding carboxylic acids is 2. The smallest absolute Gasteiger partial charge is 0.254 e. The molecule has 3 N–H and O–H groups in total. The molecule has 206 valence electrons. The third-order valence-electron chi connectivity index (χ3n) is 8.18. The molecule has 1 saturated carbocycles. The van der Waals surface area contributed by atoms with Crippen LogP contribution in [-0.4, -0.2) is 58.9 Å². The molecule has 1 aliphatic heterocycles. The summed E-state index contributed by atoms with van der Waals surface area (Å²) in [4.78, 5) is 31.8. The quantitative estimate of drug-likeness (QED) is 0.525. The third kappa shape index (κ3) is 7.45. The van der Waals surface area contributed by atoms with Crippen LogP contribution < -0.4 is 11.1 Å². The lowest BCUT2D eigenvalue weighted by atomic mass is 9.90. The minimum atomic E-state index is -0.481. The van der Waals surface area contributed by atoms with Gasteiger partial charge in [-0.25, -0.2) is 0 Å². The van der Waals surface area contributed by atoms with Crippen molar-refractivity contribution < 1.29 is 9.59 Å². The molecule has 2 atom stereocenters. The highest BCUT2D eigenvalue weighted by Crippen LogP contribution is 2.27. The first-order chi connectivity index (χ1) is 18.2. The molecule has 0 aromatic heterocycles. The number of aryl methyl sites for hydroxylation is 2. The molecule has 6 nitrogen and oxygen atoms in total. The van der Waals surface area contributed by atoms with Crippen molar-refractivity contribution in [2.75, 3.05) is 13.1 Å². The molecular formula is C32H46N4O2. The van der Waals surface area contributed by atoms with Gasteiger partial charge in [0.25, 0.3) is 5.91 Å². The maximum atomic E-state index is 13.8. The maximum Gasteiger partial charge on any atom is 0.254 e. The summed E-state index contributed by atoms with van der Waals surface area (Å²) in [6, 6.07) is 16.5. The monoisotopic (exact) mass is 518 g/mol. The van der Waals surface area contributed by atoms with Crippen LogP contribution in [0.2, 0.25) is 0 Å². The molecule has 2 aromatic rings. The van der Waals surface area contributed by atoms with E-state index in [1.165, 1.54) is 11.1 Å². The van der Waals surface area contributed by atoms with Crippen molar-refractivity contribution >= 4 is 11.8 Å². The summed E-state index contributed by atoms with van der Waals surface area (Å²) in [6.45, 7) is 11.0. The number of nitrogens with two attached hydrogens (primary N) is 1. The number of hydrogen-bond donors (Lipinski definition) is 2. The molecule has 4 rings (SSSR count). The number of piperidine rings is 1. The second-order valence-electron chi connectivity index (χ2n) is 12.0. The normalized spacial score (nSPS) is 24.0. The molecule has 6 heteroatoms. The molecule has 2 fully saturated rings. The lowest BCUT2D eigenvalue weighted by Crippen LogP contribution is -2.58. The van der Waals surface area contributed by atoms with E-state index in [1.807, 2.05) is 36.1 Å². The minimum Gasteiger partial charge on any atom is -0.352 e. The van der Waals surface area contributed by atoms with Crippen LogP contribution in [0.5, 0.6) is 0 Å². The molecule has 1 unspecified atom stereocenters. The van der Waals surface area contributed by atoms with Crippen LogP contribution in [-0.2, 0) is 11.3 Å². The minimum absolute atomic E-state index is 0.0181. The lowest BCUT2D eigenvalue weighted by molar-refractivity contribution is -0.128. The summed E-state index contributed by atoms with van der Waals surface area (Å²) in [7, 11) is 0. The molecule has 0 bridgehead atoms. The Morgan fingerprint density at radius 1 is 0.947 bits per heavy atom. The van der Waals surface area contributed by atoms with Crippen LogP contribution in [0.15, 0.2) is 48.5 Å². The van der Waals surface area contributed by atoms with Crippen molar-refractivity contribution in [3.8, 4) is 0 Å². The van der Waals surface area contributed by atoms with Crippen LogP contribution in [0.1, 0.15) is 79.4 Å². The predicted molar refractivity (Wildman–Crippen MR) is 154 cm³/mol. The van der Waals surface area contributed by atoms with Crippen molar-refractivity contribution in [1.29, 1.82) is 0 Å². The van der Waals surface area contributed by atoms with E-state index in [9.17, 15) is 9.59 Å². The molecule has 1 saturated heterocycles. The van der Waals surface area contributed by atoms with Gasteiger partial charge in [0.15, 0.2) is 0 Å². The van der Waals surface area contributed by atoms with Crippen LogP contribution in [0.3, 0.4) is 0 Å². The molecule has 38 heavy (non-hydrogen) atoms. The van der Waals surface area contributed by atoms with E-state index in [4.69, 9.17) is 5.73 Å². The van der Waals surface area contributed by atoms with Gasteiger partial charge in [-0.05, 0) is 76.0 Å². The molecule has 2 amide bonds. The topological polar surface area (TPSA) is 78.7 Å². The van der Waals surface area contributed by atoms with Gasteiger partial charge in [0, 0.05) is 43.3 Å². The first-order valence-corrected chi connectivity index (χ1v) is 14.4. The van der Waals surface area contributed by atoms with Crippen molar-refractivity contribution in [2.24, 2.45) is 11.7 Å². The molecule has 0 spiro atoms. The van der Waals surface area contributed by atoms with Gasteiger partial charge in [-0.3, -0.25) is 14.5 Å². The SMILES string of the molecule is Cc1ccc(CN(CC(C)C)C2CCN(C(=O)c3ccc(C)cc3)[C@@H](C(=O)NC3CCC(N)CC3)C2)cc1. The van der Waals surface area contributed by atoms with E-state index < -0.39 is 6.04 Å². The summed E-state index contributed by atoms with van der Waals surface area (Å²) >= 11 is 0. The number of rotatable bonds is 8. The van der Waals surface area contributed by atoms with Gasteiger partial charge in [-0.1, -0.05) is 61.4 Å². The van der Waals surface area contributed by atoms with Crippen LogP contribution in [0, 0.1) is 19.8 Å². The maximum absolute atomic E-state index is 13.8. The largest absolute Gasteiger partial charge is 0.352 e. The van der Waals surface area contributed by atoms with Crippen molar-refractivity contribution in [3.63, 3.8) is 0 Å².